The number of carbonyl (C=O) groups is 2. The Morgan fingerprint density at radius 1 is 0.871 bits per heavy atom. The van der Waals surface area contributed by atoms with Gasteiger partial charge in [0.25, 0.3) is 5.91 Å². The number of hydrogen-bond donors (Lipinski definition) is 1. The first kappa shape index (κ1) is 18.8. The molecule has 3 aromatic carbocycles. The summed E-state index contributed by atoms with van der Waals surface area (Å²) in [7, 11) is 0. The number of pyridine rings is 1. The molecule has 0 atom stereocenters. The van der Waals surface area contributed by atoms with Crippen molar-refractivity contribution in [2.45, 2.75) is 6.92 Å². The first-order valence-corrected chi connectivity index (χ1v) is 9.81. The van der Waals surface area contributed by atoms with Gasteiger partial charge < -0.3 is 14.8 Å². The second-order valence-electron chi connectivity index (χ2n) is 7.20. The maximum Gasteiger partial charge on any atom is 0.256 e. The van der Waals surface area contributed by atoms with Crippen molar-refractivity contribution in [3.8, 4) is 22.8 Å². The summed E-state index contributed by atoms with van der Waals surface area (Å²) >= 11 is 0. The van der Waals surface area contributed by atoms with Crippen LogP contribution in [0.25, 0.3) is 22.2 Å². The number of amides is 1. The number of Topliss-reactive ketones (excluding diaryl/α,β-unsaturated/α-hetero) is 1. The zero-order chi connectivity index (χ0) is 21.4. The van der Waals surface area contributed by atoms with Crippen LogP contribution in [0.1, 0.15) is 27.6 Å². The molecule has 0 fully saturated rings. The van der Waals surface area contributed by atoms with Gasteiger partial charge in [-0.15, -0.1) is 0 Å². The van der Waals surface area contributed by atoms with Crippen LogP contribution in [0.3, 0.4) is 0 Å². The van der Waals surface area contributed by atoms with Gasteiger partial charge in [-0.05, 0) is 25.1 Å². The number of aromatic nitrogens is 1. The molecule has 152 valence electrons. The molecule has 1 amide bonds. The number of rotatable bonds is 4. The predicted octanol–water partition coefficient (Wildman–Crippen LogP) is 5.09. The number of nitrogens with zero attached hydrogens (tertiary/aromatic N) is 1. The molecule has 31 heavy (non-hydrogen) atoms. The fourth-order valence-corrected chi connectivity index (χ4v) is 3.65. The summed E-state index contributed by atoms with van der Waals surface area (Å²) in [5.74, 6) is 0.462. The minimum absolute atomic E-state index is 0.0828. The molecule has 1 aromatic heterocycles. The van der Waals surface area contributed by atoms with Crippen molar-refractivity contribution in [2.24, 2.45) is 0 Å². The van der Waals surface area contributed by atoms with Crippen LogP contribution >= 0.6 is 0 Å². The molecular weight excluding hydrogens is 392 g/mol. The number of ketones is 1. The Labute approximate surface area is 178 Å². The van der Waals surface area contributed by atoms with E-state index in [0.717, 1.165) is 10.9 Å². The van der Waals surface area contributed by atoms with E-state index in [9.17, 15) is 9.59 Å². The van der Waals surface area contributed by atoms with E-state index in [2.05, 4.69) is 5.32 Å². The zero-order valence-corrected chi connectivity index (χ0v) is 16.7. The van der Waals surface area contributed by atoms with Crippen LogP contribution in [0.5, 0.6) is 11.5 Å². The van der Waals surface area contributed by atoms with E-state index in [4.69, 9.17) is 14.5 Å². The molecule has 6 nitrogen and oxygen atoms in total. The third-order valence-corrected chi connectivity index (χ3v) is 5.17. The Balaban J connectivity index is 1.60. The number of para-hydroxylation sites is 1. The van der Waals surface area contributed by atoms with Crippen LogP contribution in [0.4, 0.5) is 5.69 Å². The Kier molecular flexibility index (Phi) is 4.59. The molecule has 0 spiro atoms. The summed E-state index contributed by atoms with van der Waals surface area (Å²) in [6.07, 6.45) is 0. The smallest absolute Gasteiger partial charge is 0.256 e. The van der Waals surface area contributed by atoms with Gasteiger partial charge in [-0.25, -0.2) is 4.98 Å². The zero-order valence-electron chi connectivity index (χ0n) is 16.7. The van der Waals surface area contributed by atoms with E-state index >= 15 is 0 Å². The Hall–Kier alpha value is -4.19. The van der Waals surface area contributed by atoms with Gasteiger partial charge >= 0.3 is 0 Å². The molecule has 6 heteroatoms. The van der Waals surface area contributed by atoms with Gasteiger partial charge in [-0.1, -0.05) is 48.5 Å². The van der Waals surface area contributed by atoms with E-state index in [1.165, 1.54) is 6.92 Å². The van der Waals surface area contributed by atoms with Gasteiger partial charge in [-0.2, -0.15) is 0 Å². The maximum absolute atomic E-state index is 13.4. The molecule has 0 radical (unpaired) electrons. The van der Waals surface area contributed by atoms with E-state index < -0.39 is 0 Å². The molecule has 1 N–H and O–H groups in total. The van der Waals surface area contributed by atoms with Gasteiger partial charge in [0.05, 0.1) is 22.5 Å². The molecule has 0 bridgehead atoms. The highest BCUT2D eigenvalue weighted by Gasteiger charge is 2.22. The maximum atomic E-state index is 13.4. The molecule has 5 rings (SSSR count). The lowest BCUT2D eigenvalue weighted by atomic mass is 10.0. The molecular formula is C25H18N2O4. The van der Waals surface area contributed by atoms with Crippen molar-refractivity contribution in [1.82, 2.24) is 4.98 Å². The number of carbonyl (C=O) groups excluding carboxylic acids is 2. The van der Waals surface area contributed by atoms with Crippen LogP contribution in [0.2, 0.25) is 0 Å². The van der Waals surface area contributed by atoms with Crippen molar-refractivity contribution in [3.05, 3.63) is 83.9 Å². The summed E-state index contributed by atoms with van der Waals surface area (Å²) < 4.78 is 10.8. The molecule has 1 aliphatic heterocycles. The number of nitrogens with one attached hydrogen (secondary N) is 1. The highest BCUT2D eigenvalue weighted by Crippen LogP contribution is 2.37. The summed E-state index contributed by atoms with van der Waals surface area (Å²) in [6.45, 7) is 1.53. The second kappa shape index (κ2) is 7.57. The Bertz CT molecular complexity index is 1330. The fraction of sp³-hybridized carbons (Fsp3) is 0.0800. The third-order valence-electron chi connectivity index (χ3n) is 5.17. The highest BCUT2D eigenvalue weighted by atomic mass is 16.7. The molecule has 1 aliphatic rings. The lowest BCUT2D eigenvalue weighted by Gasteiger charge is -2.13. The third kappa shape index (κ3) is 3.48. The number of fused-ring (bicyclic) bond motifs is 2. The number of benzene rings is 3. The van der Waals surface area contributed by atoms with E-state index in [-0.39, 0.29) is 18.5 Å². The molecule has 0 aliphatic carbocycles. The normalized spacial score (nSPS) is 12.0. The second-order valence-corrected chi connectivity index (χ2v) is 7.20. The lowest BCUT2D eigenvalue weighted by molar-refractivity contribution is 0.101. The predicted molar refractivity (Wildman–Crippen MR) is 118 cm³/mol. The van der Waals surface area contributed by atoms with Gasteiger partial charge in [0, 0.05) is 22.6 Å². The molecule has 0 unspecified atom stereocenters. The minimum Gasteiger partial charge on any atom is -0.454 e. The largest absolute Gasteiger partial charge is 0.454 e. The van der Waals surface area contributed by atoms with Crippen molar-refractivity contribution in [2.75, 3.05) is 12.1 Å². The molecule has 0 saturated carbocycles. The van der Waals surface area contributed by atoms with Gasteiger partial charge in [-0.3, -0.25) is 9.59 Å². The topological polar surface area (TPSA) is 77.5 Å². The first-order valence-electron chi connectivity index (χ1n) is 9.81. The quantitative estimate of drug-likeness (QED) is 0.475. The number of ether oxygens (including phenoxy) is 2. The SMILES string of the molecule is CC(=O)c1cc2c(cc1NC(=O)c1cc(-c3ccccc3)nc3ccccc13)OCO2. The molecule has 0 saturated heterocycles. The Morgan fingerprint density at radius 2 is 1.58 bits per heavy atom. The van der Waals surface area contributed by atoms with E-state index in [1.54, 1.807) is 18.2 Å². The molecule has 2 heterocycles. The minimum atomic E-state index is -0.336. The molecule has 4 aromatic rings. The average molecular weight is 410 g/mol. The van der Waals surface area contributed by atoms with Gasteiger partial charge in [0.15, 0.2) is 17.3 Å². The van der Waals surface area contributed by atoms with Crippen LogP contribution in [-0.4, -0.2) is 23.5 Å². The van der Waals surface area contributed by atoms with Crippen LogP contribution in [0, 0.1) is 0 Å². The van der Waals surface area contributed by atoms with Crippen LogP contribution in [-0.2, 0) is 0 Å². The summed E-state index contributed by atoms with van der Waals surface area (Å²) in [5.41, 5.74) is 3.53. The average Bonchev–Trinajstić information content (AvgIpc) is 3.25. The fourth-order valence-electron chi connectivity index (χ4n) is 3.65. The highest BCUT2D eigenvalue weighted by molar-refractivity contribution is 6.15. The van der Waals surface area contributed by atoms with Crippen molar-refractivity contribution in [3.63, 3.8) is 0 Å². The van der Waals surface area contributed by atoms with Gasteiger partial charge in [0.1, 0.15) is 0 Å². The summed E-state index contributed by atoms with van der Waals surface area (Å²) in [4.78, 5) is 30.3. The monoisotopic (exact) mass is 410 g/mol. The first-order chi connectivity index (χ1) is 15.1. The number of hydrogen-bond acceptors (Lipinski definition) is 5. The van der Waals surface area contributed by atoms with Crippen molar-refractivity contribution < 1.29 is 19.1 Å². The van der Waals surface area contributed by atoms with Gasteiger partial charge in [0.2, 0.25) is 6.79 Å². The Morgan fingerprint density at radius 3 is 2.35 bits per heavy atom. The summed E-state index contributed by atoms with van der Waals surface area (Å²) in [5, 5.41) is 3.61. The lowest BCUT2D eigenvalue weighted by Crippen LogP contribution is -2.15. The van der Waals surface area contributed by atoms with E-state index in [1.807, 2.05) is 54.6 Å². The van der Waals surface area contributed by atoms with Crippen LogP contribution < -0.4 is 14.8 Å². The van der Waals surface area contributed by atoms with Crippen LogP contribution in [0.15, 0.2) is 72.8 Å². The van der Waals surface area contributed by atoms with Crippen molar-refractivity contribution >= 4 is 28.3 Å². The van der Waals surface area contributed by atoms with E-state index in [0.29, 0.717) is 39.5 Å². The van der Waals surface area contributed by atoms with Crippen molar-refractivity contribution in [1.29, 1.82) is 0 Å². The summed E-state index contributed by atoms with van der Waals surface area (Å²) in [6, 6.07) is 22.2. The number of anilines is 1. The standard InChI is InChI=1S/C25H18N2O4/c1-15(28)18-12-23-24(31-14-30-23)13-22(18)27-25(29)19-11-21(16-7-3-2-4-8-16)26-20-10-6-5-9-17(19)20/h2-13H,14H2,1H3,(H,27,29).